The number of carboxylic acid groups (broad SMARTS) is 1. The Kier molecular flexibility index (Phi) is 11.8. The number of likely N-dealkylation sites (N-methyl/N-ethyl adjacent to an activating group) is 1. The van der Waals surface area contributed by atoms with Crippen LogP contribution in [0.3, 0.4) is 0 Å². The van der Waals surface area contributed by atoms with E-state index in [2.05, 4.69) is 6.92 Å². The fourth-order valence-corrected chi connectivity index (χ4v) is 7.09. The lowest BCUT2D eigenvalue weighted by Crippen LogP contribution is -2.67. The normalized spacial score (nSPS) is 27.1. The Morgan fingerprint density at radius 2 is 1.52 bits per heavy atom. The number of aliphatic hydroxyl groups is 4. The molecule has 254 valence electrons. The number of benzene rings is 1. The third-order valence-corrected chi connectivity index (χ3v) is 9.51. The molecule has 0 saturated heterocycles. The summed E-state index contributed by atoms with van der Waals surface area (Å²) in [7, 11) is 3.01. The molecular weight excluding hydrogens is 596 g/mol. The van der Waals surface area contributed by atoms with Crippen LogP contribution in [0.4, 0.5) is 0 Å². The fourth-order valence-electron chi connectivity index (χ4n) is 7.09. The van der Waals surface area contributed by atoms with E-state index >= 15 is 0 Å². The van der Waals surface area contributed by atoms with Gasteiger partial charge in [-0.3, -0.25) is 24.1 Å². The molecule has 12 nitrogen and oxygen atoms in total. The number of aliphatic carboxylic acids is 1. The molecule has 0 bridgehead atoms. The lowest BCUT2D eigenvalue weighted by molar-refractivity contribution is -0.159. The number of carboxylic acids is 1. The summed E-state index contributed by atoms with van der Waals surface area (Å²) in [5.74, 6) is -8.56. The summed E-state index contributed by atoms with van der Waals surface area (Å²) in [5.41, 5.74) is -0.548. The quantitative estimate of drug-likeness (QED) is 0.129. The standard InChI is InChI=1S/C22H24N2O8.C12H24O2/c1-21(31)8-5-4-6-11(25)12(8)16(26)13-9(21)7-10-15(24(2)3)17(27)14(20(23)30)19(29)22(10,32)18(13)28;1-2-3-4-5-6-7-8-9-10-11-12(13)14/h4-6,9-10,15,25-26,29,31-32H,7H2,1-3H3,(H2,23,30);2-11H2,1H3,(H,13,14)/t9-,10-,15-,21+,22-;/m0./s1. The highest BCUT2D eigenvalue weighted by Crippen LogP contribution is 2.57. The van der Waals surface area contributed by atoms with Crippen LogP contribution in [0.2, 0.25) is 0 Å². The highest BCUT2D eigenvalue weighted by molar-refractivity contribution is 6.24. The molecule has 1 aromatic rings. The van der Waals surface area contributed by atoms with Crippen molar-refractivity contribution in [3.05, 3.63) is 46.2 Å². The Hall–Kier alpha value is -3.74. The number of ketones is 2. The first-order valence-electron chi connectivity index (χ1n) is 16.0. The highest BCUT2D eigenvalue weighted by Gasteiger charge is 2.66. The van der Waals surface area contributed by atoms with Crippen molar-refractivity contribution in [2.45, 2.75) is 102 Å². The van der Waals surface area contributed by atoms with Gasteiger partial charge in [0.05, 0.1) is 17.2 Å². The van der Waals surface area contributed by atoms with Gasteiger partial charge >= 0.3 is 5.97 Å². The highest BCUT2D eigenvalue weighted by atomic mass is 16.4. The van der Waals surface area contributed by atoms with Crippen LogP contribution < -0.4 is 5.73 Å². The van der Waals surface area contributed by atoms with Gasteiger partial charge in [-0.05, 0) is 45.5 Å². The number of phenols is 1. The van der Waals surface area contributed by atoms with Gasteiger partial charge in [0.2, 0.25) is 5.78 Å². The first-order valence-corrected chi connectivity index (χ1v) is 16.0. The van der Waals surface area contributed by atoms with Gasteiger partial charge in [0.1, 0.15) is 22.8 Å². The van der Waals surface area contributed by atoms with Crippen molar-refractivity contribution >= 4 is 29.2 Å². The lowest BCUT2D eigenvalue weighted by atomic mass is 9.54. The average Bonchev–Trinajstić information content (AvgIpc) is 2.96. The van der Waals surface area contributed by atoms with Crippen LogP contribution in [0.5, 0.6) is 5.75 Å². The van der Waals surface area contributed by atoms with E-state index in [0.717, 1.165) is 12.8 Å². The van der Waals surface area contributed by atoms with Crippen molar-refractivity contribution in [2.75, 3.05) is 14.1 Å². The molecule has 0 unspecified atom stereocenters. The third kappa shape index (κ3) is 6.84. The number of primary amides is 1. The van der Waals surface area contributed by atoms with Crippen LogP contribution in [-0.4, -0.2) is 84.7 Å². The maximum absolute atomic E-state index is 13.7. The predicted molar refractivity (Wildman–Crippen MR) is 170 cm³/mol. The fraction of sp³-hybridized carbons (Fsp3) is 0.588. The van der Waals surface area contributed by atoms with Gasteiger partial charge in [-0.15, -0.1) is 0 Å². The maximum atomic E-state index is 13.7. The van der Waals surface area contributed by atoms with Gasteiger partial charge in [0.25, 0.3) is 5.91 Å². The van der Waals surface area contributed by atoms with E-state index in [1.807, 2.05) is 0 Å². The van der Waals surface area contributed by atoms with Crippen LogP contribution in [0.25, 0.3) is 5.76 Å². The number of hydrogen-bond donors (Lipinski definition) is 7. The number of nitrogens with two attached hydrogens (primary N) is 1. The van der Waals surface area contributed by atoms with E-state index in [4.69, 9.17) is 10.8 Å². The van der Waals surface area contributed by atoms with Gasteiger partial charge in [-0.1, -0.05) is 70.4 Å². The molecule has 12 heteroatoms. The second-order valence-corrected chi connectivity index (χ2v) is 12.9. The lowest BCUT2D eigenvalue weighted by Gasteiger charge is -2.53. The summed E-state index contributed by atoms with van der Waals surface area (Å²) in [6.07, 6.45) is 11.3. The van der Waals surface area contributed by atoms with E-state index in [9.17, 15) is 44.7 Å². The Morgan fingerprint density at radius 1 is 0.957 bits per heavy atom. The number of phenolic OH excluding ortho intramolecular Hbond substituents is 1. The second-order valence-electron chi connectivity index (χ2n) is 12.9. The molecule has 1 amide bonds. The van der Waals surface area contributed by atoms with E-state index in [1.165, 1.54) is 89.1 Å². The third-order valence-electron chi connectivity index (χ3n) is 9.51. The molecule has 0 aromatic heterocycles. The number of nitrogens with zero attached hydrogens (tertiary/aromatic N) is 1. The van der Waals surface area contributed by atoms with Gasteiger partial charge < -0.3 is 36.4 Å². The van der Waals surface area contributed by atoms with E-state index in [1.54, 1.807) is 0 Å². The number of hydrogen-bond acceptors (Lipinski definition) is 10. The number of fused-ring (bicyclic) bond motifs is 3. The molecular formula is C34H48N2O10. The number of carbonyl (C=O) groups excluding carboxylic acids is 3. The minimum absolute atomic E-state index is 0.170. The van der Waals surface area contributed by atoms with Crippen molar-refractivity contribution in [3.8, 4) is 5.75 Å². The molecule has 8 N–H and O–H groups in total. The topological polar surface area (TPSA) is 219 Å². The SMILES string of the molecule is CCCCCCCCCCCC(=O)O.CN(C)[C@@H]1C(=O)C(C(N)=O)=C(O)[C@@]2(O)C(=O)C3=C(O)c4c(O)cccc4[C@@](C)(O)[C@H]3C[C@@H]12. The van der Waals surface area contributed by atoms with Crippen molar-refractivity contribution in [3.63, 3.8) is 0 Å². The minimum atomic E-state index is -2.75. The predicted octanol–water partition coefficient (Wildman–Crippen LogP) is 3.62. The molecule has 1 fully saturated rings. The van der Waals surface area contributed by atoms with Crippen LogP contribution >= 0.6 is 0 Å². The number of amides is 1. The van der Waals surface area contributed by atoms with Crippen molar-refractivity contribution < 1.29 is 49.8 Å². The van der Waals surface area contributed by atoms with Crippen LogP contribution in [-0.2, 0) is 24.8 Å². The number of unbranched alkanes of at least 4 members (excludes halogenated alkanes) is 8. The molecule has 46 heavy (non-hydrogen) atoms. The molecule has 0 heterocycles. The van der Waals surface area contributed by atoms with Gasteiger partial charge in [0, 0.05) is 23.8 Å². The number of Topliss-reactive ketones (excluding diaryl/α,β-unsaturated/α-hetero) is 2. The Morgan fingerprint density at radius 3 is 2.04 bits per heavy atom. The molecule has 0 radical (unpaired) electrons. The molecule has 3 aliphatic rings. The van der Waals surface area contributed by atoms with E-state index in [0.29, 0.717) is 6.42 Å². The van der Waals surface area contributed by atoms with Crippen molar-refractivity contribution in [1.82, 2.24) is 4.90 Å². The minimum Gasteiger partial charge on any atom is -0.508 e. The molecule has 1 saturated carbocycles. The van der Waals surface area contributed by atoms with Gasteiger partial charge in [-0.25, -0.2) is 0 Å². The maximum Gasteiger partial charge on any atom is 0.303 e. The summed E-state index contributed by atoms with van der Waals surface area (Å²) in [5, 5.41) is 63.3. The molecule has 1 aromatic carbocycles. The van der Waals surface area contributed by atoms with E-state index < -0.39 is 80.9 Å². The molecule has 5 atom stereocenters. The Balaban J connectivity index is 0.000000349. The smallest absolute Gasteiger partial charge is 0.303 e. The Labute approximate surface area is 269 Å². The summed E-state index contributed by atoms with van der Waals surface area (Å²) in [6.45, 7) is 3.63. The number of aliphatic hydroxyl groups excluding tert-OH is 2. The number of carbonyl (C=O) groups is 4. The molecule has 4 rings (SSSR count). The van der Waals surface area contributed by atoms with E-state index in [-0.39, 0.29) is 17.5 Å². The zero-order valence-corrected chi connectivity index (χ0v) is 27.1. The van der Waals surface area contributed by atoms with Gasteiger partial charge in [0.15, 0.2) is 11.4 Å². The average molecular weight is 645 g/mol. The molecule has 0 spiro atoms. The molecule has 0 aliphatic heterocycles. The molecule has 3 aliphatic carbocycles. The zero-order chi connectivity index (χ0) is 34.6. The summed E-state index contributed by atoms with van der Waals surface area (Å²) in [4.78, 5) is 50.2. The van der Waals surface area contributed by atoms with Crippen LogP contribution in [0.1, 0.15) is 95.6 Å². The largest absolute Gasteiger partial charge is 0.508 e. The first-order chi connectivity index (χ1) is 21.5. The summed E-state index contributed by atoms with van der Waals surface area (Å²) >= 11 is 0. The van der Waals surface area contributed by atoms with Crippen molar-refractivity contribution in [1.29, 1.82) is 0 Å². The number of rotatable bonds is 12. The van der Waals surface area contributed by atoms with Crippen LogP contribution in [0.15, 0.2) is 35.1 Å². The number of aromatic hydroxyl groups is 1. The Bertz CT molecular complexity index is 1410. The van der Waals surface area contributed by atoms with Gasteiger partial charge in [-0.2, -0.15) is 0 Å². The summed E-state index contributed by atoms with van der Waals surface area (Å²) in [6, 6.07) is 3.02. The second kappa shape index (κ2) is 14.8. The first kappa shape index (κ1) is 36.7. The monoisotopic (exact) mass is 644 g/mol. The van der Waals surface area contributed by atoms with Crippen molar-refractivity contribution in [2.24, 2.45) is 17.6 Å². The zero-order valence-electron chi connectivity index (χ0n) is 27.1. The van der Waals surface area contributed by atoms with Crippen LogP contribution in [0, 0.1) is 11.8 Å². The summed E-state index contributed by atoms with van der Waals surface area (Å²) < 4.78 is 0.